The summed E-state index contributed by atoms with van der Waals surface area (Å²) in [7, 11) is 0. The minimum absolute atomic E-state index is 0.287. The zero-order chi connectivity index (χ0) is 15.7. The molecule has 0 fully saturated rings. The van der Waals surface area contributed by atoms with E-state index < -0.39 is 6.10 Å². The van der Waals surface area contributed by atoms with Crippen LogP contribution in [0, 0.1) is 0 Å². The van der Waals surface area contributed by atoms with Gasteiger partial charge in [-0.05, 0) is 29.2 Å². The van der Waals surface area contributed by atoms with E-state index in [0.29, 0.717) is 12.0 Å². The van der Waals surface area contributed by atoms with Gasteiger partial charge in [-0.25, -0.2) is 11.4 Å². The van der Waals surface area contributed by atoms with Crippen molar-refractivity contribution in [1.29, 1.82) is 0 Å². The number of aliphatic hydroxyl groups excluding tert-OH is 1. The number of hydrogen-bond donors (Lipinski definition) is 4. The van der Waals surface area contributed by atoms with Crippen LogP contribution in [-0.4, -0.2) is 10.9 Å². The first-order valence-electron chi connectivity index (χ1n) is 6.69. The number of rotatable bonds is 7. The number of nitrogens with zero attached hydrogens (tertiary/aromatic N) is 1. The Morgan fingerprint density at radius 3 is 2.62 bits per heavy atom. The predicted molar refractivity (Wildman–Crippen MR) is 87.0 cm³/mol. The van der Waals surface area contributed by atoms with Crippen molar-refractivity contribution in [2.24, 2.45) is 16.7 Å². The molecule has 0 heterocycles. The van der Waals surface area contributed by atoms with E-state index in [1.165, 1.54) is 0 Å². The number of amidine groups is 1. The molecule has 5 heteroatoms. The van der Waals surface area contributed by atoms with E-state index in [0.717, 1.165) is 11.1 Å². The van der Waals surface area contributed by atoms with Gasteiger partial charge in [-0.2, -0.15) is 0 Å². The first kappa shape index (κ1) is 16.7. The maximum absolute atomic E-state index is 10.5. The van der Waals surface area contributed by atoms with Gasteiger partial charge in [-0.1, -0.05) is 56.0 Å². The molecule has 1 aromatic rings. The van der Waals surface area contributed by atoms with E-state index in [1.807, 2.05) is 37.3 Å². The van der Waals surface area contributed by atoms with Crippen molar-refractivity contribution in [3.05, 3.63) is 71.8 Å². The summed E-state index contributed by atoms with van der Waals surface area (Å²) >= 11 is 0. The summed E-state index contributed by atoms with van der Waals surface area (Å²) in [5.74, 6) is 5.42. The Labute approximate surface area is 125 Å². The fraction of sp³-hybridized carbons (Fsp3) is 0.188. The quantitative estimate of drug-likeness (QED) is 0.202. The van der Waals surface area contributed by atoms with Gasteiger partial charge in [0.25, 0.3) is 0 Å². The maximum atomic E-state index is 10.5. The van der Waals surface area contributed by atoms with Crippen LogP contribution in [0.15, 0.2) is 71.4 Å². The third kappa shape index (κ3) is 4.91. The normalized spacial score (nSPS) is 14.7. The largest absolute Gasteiger partial charge is 0.384 e. The van der Waals surface area contributed by atoms with Crippen molar-refractivity contribution in [3.63, 3.8) is 0 Å². The molecule has 0 bridgehead atoms. The molecule has 0 aromatic heterocycles. The Hall–Kier alpha value is -2.37. The van der Waals surface area contributed by atoms with E-state index in [1.54, 1.807) is 18.2 Å². The lowest BCUT2D eigenvalue weighted by Gasteiger charge is -2.14. The summed E-state index contributed by atoms with van der Waals surface area (Å²) in [4.78, 5) is 0. The summed E-state index contributed by atoms with van der Waals surface area (Å²) in [6.45, 7) is 5.63. The second-order valence-corrected chi connectivity index (χ2v) is 4.36. The van der Waals surface area contributed by atoms with Gasteiger partial charge in [0.2, 0.25) is 0 Å². The van der Waals surface area contributed by atoms with Gasteiger partial charge in [0.15, 0.2) is 0 Å². The van der Waals surface area contributed by atoms with Gasteiger partial charge < -0.3 is 10.8 Å². The molecule has 1 aromatic carbocycles. The number of hydrazine groups is 1. The van der Waals surface area contributed by atoms with Gasteiger partial charge >= 0.3 is 0 Å². The molecule has 0 spiro atoms. The van der Waals surface area contributed by atoms with E-state index in [-0.39, 0.29) is 5.84 Å². The Morgan fingerprint density at radius 1 is 1.43 bits per heavy atom. The second kappa shape index (κ2) is 8.73. The minimum atomic E-state index is -0.760. The lowest BCUT2D eigenvalue weighted by molar-refractivity contribution is 0.219. The molecule has 6 N–H and O–H groups in total. The summed E-state index contributed by atoms with van der Waals surface area (Å²) in [5, 5.41) is 14.2. The predicted octanol–water partition coefficient (Wildman–Crippen LogP) is 1.90. The maximum Gasteiger partial charge on any atom is 0.148 e. The molecule has 1 rings (SSSR count). The third-order valence-corrected chi connectivity index (χ3v) is 2.98. The first-order valence-corrected chi connectivity index (χ1v) is 6.69. The van der Waals surface area contributed by atoms with E-state index >= 15 is 0 Å². The molecule has 0 aliphatic carbocycles. The molecule has 0 amide bonds. The van der Waals surface area contributed by atoms with E-state index in [9.17, 15) is 5.11 Å². The highest BCUT2D eigenvalue weighted by Crippen LogP contribution is 2.24. The number of hydrazone groups is 1. The van der Waals surface area contributed by atoms with Crippen LogP contribution < -0.4 is 17.1 Å². The van der Waals surface area contributed by atoms with Crippen molar-refractivity contribution in [2.45, 2.75) is 19.4 Å². The Balaban J connectivity index is 3.15. The van der Waals surface area contributed by atoms with Crippen molar-refractivity contribution in [3.8, 4) is 0 Å². The van der Waals surface area contributed by atoms with Crippen molar-refractivity contribution in [1.82, 2.24) is 5.53 Å². The minimum Gasteiger partial charge on any atom is -0.384 e. The lowest BCUT2D eigenvalue weighted by Crippen LogP contribution is -2.23. The molecule has 1 atom stereocenters. The second-order valence-electron chi connectivity index (χ2n) is 4.36. The van der Waals surface area contributed by atoms with Crippen molar-refractivity contribution >= 4 is 5.84 Å². The molecule has 112 valence electrons. The van der Waals surface area contributed by atoms with Gasteiger partial charge in [0.1, 0.15) is 11.9 Å². The molecule has 1 unspecified atom stereocenters. The molecule has 5 nitrogen and oxygen atoms in total. The van der Waals surface area contributed by atoms with Crippen LogP contribution in [0.25, 0.3) is 0 Å². The van der Waals surface area contributed by atoms with Gasteiger partial charge in [-0.15, -0.1) is 5.10 Å². The van der Waals surface area contributed by atoms with Gasteiger partial charge in [0.05, 0.1) is 0 Å². The number of nitrogens with two attached hydrogens (primary N) is 2. The van der Waals surface area contributed by atoms with Gasteiger partial charge in [0, 0.05) is 0 Å². The fourth-order valence-corrected chi connectivity index (χ4v) is 1.88. The van der Waals surface area contributed by atoms with Crippen LogP contribution in [0.3, 0.4) is 0 Å². The van der Waals surface area contributed by atoms with Crippen LogP contribution in [0.5, 0.6) is 0 Å². The summed E-state index contributed by atoms with van der Waals surface area (Å²) in [6.07, 6.45) is 5.07. The van der Waals surface area contributed by atoms with Crippen molar-refractivity contribution < 1.29 is 5.11 Å². The standard InChI is InChI=1S/C16H22N4O/c1-3-8-14(11-12(4-2)16(17)19-20-18)15(21)13-9-6-5-7-10-13/h3,5-11,15,20-21H,1,4,18H2,2H3,(H2,17,19)/b12-11+,14-8+. The van der Waals surface area contributed by atoms with E-state index in [4.69, 9.17) is 11.6 Å². The number of allylic oxidation sites excluding steroid dienone is 2. The number of nitrogens with one attached hydrogen (secondary N) is 1. The molecule has 0 aliphatic rings. The molecule has 21 heavy (non-hydrogen) atoms. The molecule has 0 saturated heterocycles. The topological polar surface area (TPSA) is 96.7 Å². The average Bonchev–Trinajstić information content (AvgIpc) is 2.51. The molecule has 0 saturated carbocycles. The van der Waals surface area contributed by atoms with E-state index in [2.05, 4.69) is 17.2 Å². The average molecular weight is 286 g/mol. The van der Waals surface area contributed by atoms with Gasteiger partial charge in [-0.3, -0.25) is 0 Å². The Bertz CT molecular complexity index is 547. The zero-order valence-corrected chi connectivity index (χ0v) is 12.2. The third-order valence-electron chi connectivity index (χ3n) is 2.98. The SMILES string of the molecule is C=C\C=C(/C=C(CC)/C(N)=N/NN)C(O)c1ccccc1. The summed E-state index contributed by atoms with van der Waals surface area (Å²) in [5.41, 5.74) is 10.2. The number of benzene rings is 1. The number of aliphatic hydroxyl groups is 1. The highest BCUT2D eigenvalue weighted by molar-refractivity contribution is 5.97. The first-order chi connectivity index (χ1) is 10.1. The summed E-state index contributed by atoms with van der Waals surface area (Å²) in [6, 6.07) is 9.38. The van der Waals surface area contributed by atoms with Crippen LogP contribution in [-0.2, 0) is 0 Å². The molecule has 0 radical (unpaired) electrons. The molecule has 0 aliphatic heterocycles. The molecular formula is C16H22N4O. The van der Waals surface area contributed by atoms with Crippen molar-refractivity contribution in [2.75, 3.05) is 0 Å². The lowest BCUT2D eigenvalue weighted by atomic mass is 9.98. The highest BCUT2D eigenvalue weighted by Gasteiger charge is 2.12. The molecular weight excluding hydrogens is 264 g/mol. The highest BCUT2D eigenvalue weighted by atomic mass is 16.3. The monoisotopic (exact) mass is 286 g/mol. The smallest absolute Gasteiger partial charge is 0.148 e. The van der Waals surface area contributed by atoms with Crippen LogP contribution in [0.4, 0.5) is 0 Å². The van der Waals surface area contributed by atoms with Crippen LogP contribution in [0.2, 0.25) is 0 Å². The number of hydrogen-bond acceptors (Lipinski definition) is 4. The fourth-order valence-electron chi connectivity index (χ4n) is 1.88. The Morgan fingerprint density at radius 2 is 2.10 bits per heavy atom. The summed E-state index contributed by atoms with van der Waals surface area (Å²) < 4.78 is 0. The van der Waals surface area contributed by atoms with Crippen LogP contribution in [0.1, 0.15) is 25.0 Å². The van der Waals surface area contributed by atoms with Crippen LogP contribution >= 0.6 is 0 Å². The Kier molecular flexibility index (Phi) is 6.94. The zero-order valence-electron chi connectivity index (χ0n) is 12.2.